The molecule has 0 bridgehead atoms. The van der Waals surface area contributed by atoms with Gasteiger partial charge in [-0.15, -0.1) is 0 Å². The molecule has 0 spiro atoms. The summed E-state index contributed by atoms with van der Waals surface area (Å²) in [6.07, 6.45) is 6.16. The van der Waals surface area contributed by atoms with Gasteiger partial charge in [-0.3, -0.25) is 14.5 Å². The highest BCUT2D eigenvalue weighted by Gasteiger charge is 2.38. The molecule has 0 N–H and O–H groups in total. The van der Waals surface area contributed by atoms with Crippen LogP contribution < -0.4 is 4.90 Å². The molecule has 2 aromatic rings. The monoisotopic (exact) mass is 411 g/mol. The Balaban J connectivity index is 1.77. The quantitative estimate of drug-likeness (QED) is 0.614. The second-order valence-corrected chi connectivity index (χ2v) is 7.95. The smallest absolute Gasteiger partial charge is 0.232 e. The van der Waals surface area contributed by atoms with Gasteiger partial charge in [-0.1, -0.05) is 65.7 Å². The summed E-state index contributed by atoms with van der Waals surface area (Å²) in [5, 5.41) is 0.927. The average Bonchev–Trinajstić information content (AvgIpc) is 2.66. The van der Waals surface area contributed by atoms with Crippen LogP contribution in [0.15, 0.2) is 65.9 Å². The molecule has 2 aromatic carbocycles. The number of benzene rings is 2. The van der Waals surface area contributed by atoms with Crippen molar-refractivity contribution in [3.05, 3.63) is 81.5 Å². The molecule has 142 valence electrons. The number of anilines is 1. The Morgan fingerprint density at radius 1 is 0.964 bits per heavy atom. The minimum Gasteiger partial charge on any atom is -0.294 e. The van der Waals surface area contributed by atoms with E-state index in [0.29, 0.717) is 28.6 Å². The lowest BCUT2D eigenvalue weighted by Gasteiger charge is -2.37. The standard InChI is InChI=1S/C23H19Cl2NO2/c24-17-12-18(25)14-19(13-17)26-20-7-4-8-21(27)23(20)16(11-22(26)28)10-9-15-5-2-1-3-6-15/h1-3,5-6,9-10,12-14,16H,4,7-8,11H2/b10-9+. The van der Waals surface area contributed by atoms with Crippen molar-refractivity contribution in [2.24, 2.45) is 5.92 Å². The van der Waals surface area contributed by atoms with E-state index < -0.39 is 0 Å². The fourth-order valence-corrected chi connectivity index (χ4v) is 4.47. The number of carbonyl (C=O) groups excluding carboxylic acids is 2. The Bertz CT molecular complexity index is 975. The summed E-state index contributed by atoms with van der Waals surface area (Å²) >= 11 is 12.3. The van der Waals surface area contributed by atoms with Gasteiger partial charge < -0.3 is 0 Å². The number of rotatable bonds is 3. The maximum absolute atomic E-state index is 13.1. The van der Waals surface area contributed by atoms with Crippen molar-refractivity contribution in [1.29, 1.82) is 0 Å². The summed E-state index contributed by atoms with van der Waals surface area (Å²) in [5.41, 5.74) is 3.20. The number of carbonyl (C=O) groups is 2. The first-order valence-corrected chi connectivity index (χ1v) is 10.1. The molecule has 1 unspecified atom stereocenters. The van der Waals surface area contributed by atoms with E-state index in [9.17, 15) is 9.59 Å². The van der Waals surface area contributed by atoms with E-state index >= 15 is 0 Å². The summed E-state index contributed by atoms with van der Waals surface area (Å²) in [7, 11) is 0. The lowest BCUT2D eigenvalue weighted by atomic mass is 9.80. The number of halogens is 2. The molecule has 3 nitrogen and oxygen atoms in total. The van der Waals surface area contributed by atoms with Crippen LogP contribution in [0.5, 0.6) is 0 Å². The second-order valence-electron chi connectivity index (χ2n) is 7.07. The zero-order valence-corrected chi connectivity index (χ0v) is 16.7. The van der Waals surface area contributed by atoms with Gasteiger partial charge in [0, 0.05) is 40.1 Å². The predicted octanol–water partition coefficient (Wildman–Crippen LogP) is 6.07. The molecule has 2 aliphatic rings. The van der Waals surface area contributed by atoms with Crippen LogP contribution in [0.25, 0.3) is 6.08 Å². The molecule has 0 fully saturated rings. The number of nitrogens with zero attached hydrogens (tertiary/aromatic N) is 1. The van der Waals surface area contributed by atoms with Gasteiger partial charge in [0.1, 0.15) is 0 Å². The molecule has 0 saturated carbocycles. The number of ketones is 1. The number of hydrogen-bond donors (Lipinski definition) is 0. The van der Waals surface area contributed by atoms with E-state index in [0.717, 1.165) is 23.3 Å². The number of amides is 1. The first-order valence-electron chi connectivity index (χ1n) is 9.31. The summed E-state index contributed by atoms with van der Waals surface area (Å²) in [6, 6.07) is 15.0. The minimum absolute atomic E-state index is 0.0468. The van der Waals surface area contributed by atoms with Gasteiger partial charge in [0.2, 0.25) is 5.91 Å². The van der Waals surface area contributed by atoms with Crippen LogP contribution >= 0.6 is 23.2 Å². The van der Waals surface area contributed by atoms with E-state index in [-0.39, 0.29) is 24.0 Å². The van der Waals surface area contributed by atoms with Crippen molar-refractivity contribution in [1.82, 2.24) is 0 Å². The van der Waals surface area contributed by atoms with Gasteiger partial charge in [-0.2, -0.15) is 0 Å². The van der Waals surface area contributed by atoms with Gasteiger partial charge in [0.05, 0.1) is 5.69 Å². The largest absolute Gasteiger partial charge is 0.294 e. The lowest BCUT2D eigenvalue weighted by Crippen LogP contribution is -2.40. The third kappa shape index (κ3) is 3.78. The molecule has 4 rings (SSSR count). The lowest BCUT2D eigenvalue weighted by molar-refractivity contribution is -0.120. The van der Waals surface area contributed by atoms with E-state index in [2.05, 4.69) is 0 Å². The third-order valence-electron chi connectivity index (χ3n) is 5.14. The van der Waals surface area contributed by atoms with E-state index in [1.165, 1.54) is 0 Å². The van der Waals surface area contributed by atoms with Gasteiger partial charge in [-0.05, 0) is 36.6 Å². The molecule has 1 heterocycles. The van der Waals surface area contributed by atoms with Crippen molar-refractivity contribution in [2.45, 2.75) is 25.7 Å². The van der Waals surface area contributed by atoms with Crippen molar-refractivity contribution in [3.8, 4) is 0 Å². The normalized spacial score (nSPS) is 20.1. The highest BCUT2D eigenvalue weighted by Crippen LogP contribution is 2.40. The summed E-state index contributed by atoms with van der Waals surface area (Å²) in [6.45, 7) is 0. The molecule has 0 saturated heterocycles. The predicted molar refractivity (Wildman–Crippen MR) is 113 cm³/mol. The average molecular weight is 412 g/mol. The Morgan fingerprint density at radius 2 is 1.68 bits per heavy atom. The number of allylic oxidation sites excluding steroid dienone is 3. The summed E-state index contributed by atoms with van der Waals surface area (Å²) in [5.74, 6) is -0.134. The van der Waals surface area contributed by atoms with E-state index in [1.807, 2.05) is 42.5 Å². The Morgan fingerprint density at radius 3 is 2.39 bits per heavy atom. The van der Waals surface area contributed by atoms with Gasteiger partial charge in [0.15, 0.2) is 5.78 Å². The minimum atomic E-state index is -0.207. The van der Waals surface area contributed by atoms with Crippen molar-refractivity contribution in [2.75, 3.05) is 4.90 Å². The van der Waals surface area contributed by atoms with Crippen molar-refractivity contribution < 1.29 is 9.59 Å². The molecule has 5 heteroatoms. The highest BCUT2D eigenvalue weighted by molar-refractivity contribution is 6.35. The molecular weight excluding hydrogens is 393 g/mol. The number of Topliss-reactive ketones (excluding diaryl/α,β-unsaturated/α-hetero) is 1. The SMILES string of the molecule is O=C1CCCC2=C1C(/C=C/c1ccccc1)CC(=O)N2c1cc(Cl)cc(Cl)c1. The molecular formula is C23H19Cl2NO2. The van der Waals surface area contributed by atoms with Crippen LogP contribution in [-0.2, 0) is 9.59 Å². The van der Waals surface area contributed by atoms with Crippen molar-refractivity contribution in [3.63, 3.8) is 0 Å². The second kappa shape index (κ2) is 7.94. The molecule has 0 aromatic heterocycles. The summed E-state index contributed by atoms with van der Waals surface area (Å²) < 4.78 is 0. The van der Waals surface area contributed by atoms with Crippen LogP contribution in [0.2, 0.25) is 10.0 Å². The maximum atomic E-state index is 13.1. The first kappa shape index (κ1) is 19.0. The fourth-order valence-electron chi connectivity index (χ4n) is 3.96. The fraction of sp³-hybridized carbons (Fsp3) is 0.217. The van der Waals surface area contributed by atoms with E-state index in [4.69, 9.17) is 23.2 Å². The Kier molecular flexibility index (Phi) is 5.38. The van der Waals surface area contributed by atoms with Crippen LogP contribution in [0.4, 0.5) is 5.69 Å². The maximum Gasteiger partial charge on any atom is 0.232 e. The first-order chi connectivity index (χ1) is 13.5. The van der Waals surface area contributed by atoms with Crippen LogP contribution in [0.3, 0.4) is 0 Å². The highest BCUT2D eigenvalue weighted by atomic mass is 35.5. The Hall–Kier alpha value is -2.36. The zero-order valence-electron chi connectivity index (χ0n) is 15.2. The van der Waals surface area contributed by atoms with Crippen LogP contribution in [-0.4, -0.2) is 11.7 Å². The van der Waals surface area contributed by atoms with Gasteiger partial charge in [0.25, 0.3) is 0 Å². The van der Waals surface area contributed by atoms with Crippen LogP contribution in [0.1, 0.15) is 31.2 Å². The van der Waals surface area contributed by atoms with Crippen LogP contribution in [0, 0.1) is 5.92 Å². The molecule has 28 heavy (non-hydrogen) atoms. The molecule has 1 aliphatic heterocycles. The Labute approximate surface area is 174 Å². The van der Waals surface area contributed by atoms with Gasteiger partial charge >= 0.3 is 0 Å². The molecule has 0 radical (unpaired) electrons. The van der Waals surface area contributed by atoms with Crippen molar-refractivity contribution >= 4 is 46.7 Å². The topological polar surface area (TPSA) is 37.4 Å². The van der Waals surface area contributed by atoms with E-state index in [1.54, 1.807) is 23.1 Å². The number of hydrogen-bond acceptors (Lipinski definition) is 2. The summed E-state index contributed by atoms with van der Waals surface area (Å²) in [4.78, 5) is 27.5. The molecule has 1 aliphatic carbocycles. The van der Waals surface area contributed by atoms with Gasteiger partial charge in [-0.25, -0.2) is 0 Å². The molecule has 1 atom stereocenters. The zero-order chi connectivity index (χ0) is 19.7. The molecule has 1 amide bonds. The third-order valence-corrected chi connectivity index (χ3v) is 5.58.